The lowest BCUT2D eigenvalue weighted by Gasteiger charge is -2.39. The second-order valence-electron chi connectivity index (χ2n) is 5.84. The van der Waals surface area contributed by atoms with Crippen molar-refractivity contribution in [2.45, 2.75) is 31.8 Å². The van der Waals surface area contributed by atoms with E-state index in [2.05, 4.69) is 23.9 Å². The van der Waals surface area contributed by atoms with Crippen molar-refractivity contribution in [3.05, 3.63) is 0 Å². The van der Waals surface area contributed by atoms with Gasteiger partial charge < -0.3 is 14.5 Å². The monoisotopic (exact) mass is 269 g/mol. The first-order valence-electron chi connectivity index (χ1n) is 7.36. The van der Waals surface area contributed by atoms with Gasteiger partial charge in [0.2, 0.25) is 5.91 Å². The highest BCUT2D eigenvalue weighted by Gasteiger charge is 2.30. The Morgan fingerprint density at radius 1 is 1.16 bits per heavy atom. The van der Waals surface area contributed by atoms with Gasteiger partial charge in [-0.1, -0.05) is 0 Å². The summed E-state index contributed by atoms with van der Waals surface area (Å²) in [4.78, 5) is 19.1. The standard InChI is InChI=1S/C14H27N3O2/c1-12(16-8-10-19-11-9-16)14(18)17-6-4-13(5-7-17)15(2)3/h12-13H,4-11H2,1-3H3. The molecule has 0 saturated carbocycles. The Hall–Kier alpha value is -0.650. The fourth-order valence-corrected chi connectivity index (χ4v) is 2.99. The average Bonchev–Trinajstić information content (AvgIpc) is 2.46. The van der Waals surface area contributed by atoms with Crippen LogP contribution in [0.2, 0.25) is 0 Å². The molecular weight excluding hydrogens is 242 g/mol. The number of carbonyl (C=O) groups is 1. The lowest BCUT2D eigenvalue weighted by molar-refractivity contribution is -0.139. The molecule has 5 heteroatoms. The van der Waals surface area contributed by atoms with Gasteiger partial charge >= 0.3 is 0 Å². The maximum atomic E-state index is 12.5. The van der Waals surface area contributed by atoms with Crippen LogP contribution in [0.5, 0.6) is 0 Å². The molecule has 5 nitrogen and oxygen atoms in total. The van der Waals surface area contributed by atoms with E-state index in [1.807, 2.05) is 11.8 Å². The highest BCUT2D eigenvalue weighted by atomic mass is 16.5. The summed E-state index contributed by atoms with van der Waals surface area (Å²) in [6.07, 6.45) is 2.18. The summed E-state index contributed by atoms with van der Waals surface area (Å²) < 4.78 is 5.34. The molecule has 2 aliphatic rings. The largest absolute Gasteiger partial charge is 0.379 e. The first-order chi connectivity index (χ1) is 9.09. The van der Waals surface area contributed by atoms with Gasteiger partial charge in [0.25, 0.3) is 0 Å². The highest BCUT2D eigenvalue weighted by Crippen LogP contribution is 2.16. The van der Waals surface area contributed by atoms with E-state index in [4.69, 9.17) is 4.74 Å². The SMILES string of the molecule is CC(C(=O)N1CCC(N(C)C)CC1)N1CCOCC1. The number of rotatable bonds is 3. The first kappa shape index (κ1) is 14.8. The Morgan fingerprint density at radius 2 is 1.74 bits per heavy atom. The molecule has 2 heterocycles. The zero-order valence-corrected chi connectivity index (χ0v) is 12.5. The number of morpholine rings is 1. The minimum Gasteiger partial charge on any atom is -0.379 e. The normalized spacial score (nSPS) is 24.7. The summed E-state index contributed by atoms with van der Waals surface area (Å²) in [6, 6.07) is 0.627. The maximum absolute atomic E-state index is 12.5. The van der Waals surface area contributed by atoms with E-state index in [9.17, 15) is 4.79 Å². The van der Waals surface area contributed by atoms with Gasteiger partial charge in [-0.2, -0.15) is 0 Å². The van der Waals surface area contributed by atoms with Crippen LogP contribution >= 0.6 is 0 Å². The lowest BCUT2D eigenvalue weighted by atomic mass is 10.0. The number of amides is 1. The number of piperidine rings is 1. The van der Waals surface area contributed by atoms with Crippen LogP contribution in [-0.2, 0) is 9.53 Å². The quantitative estimate of drug-likeness (QED) is 0.736. The molecule has 2 fully saturated rings. The highest BCUT2D eigenvalue weighted by molar-refractivity contribution is 5.81. The molecule has 0 aromatic rings. The second-order valence-corrected chi connectivity index (χ2v) is 5.84. The third kappa shape index (κ3) is 3.68. The molecular formula is C14H27N3O2. The Labute approximate surface area is 116 Å². The maximum Gasteiger partial charge on any atom is 0.239 e. The predicted molar refractivity (Wildman–Crippen MR) is 75.1 cm³/mol. The number of nitrogens with zero attached hydrogens (tertiary/aromatic N) is 3. The summed E-state index contributed by atoms with van der Waals surface area (Å²) in [7, 11) is 4.25. The van der Waals surface area contributed by atoms with E-state index < -0.39 is 0 Å². The molecule has 1 atom stereocenters. The van der Waals surface area contributed by atoms with E-state index in [0.29, 0.717) is 11.9 Å². The van der Waals surface area contributed by atoms with Crippen molar-refractivity contribution in [3.63, 3.8) is 0 Å². The molecule has 2 aliphatic heterocycles. The van der Waals surface area contributed by atoms with Crippen molar-refractivity contribution in [3.8, 4) is 0 Å². The number of hydrogen-bond acceptors (Lipinski definition) is 4. The number of likely N-dealkylation sites (tertiary alicyclic amines) is 1. The molecule has 110 valence electrons. The van der Waals surface area contributed by atoms with Crippen molar-refractivity contribution < 1.29 is 9.53 Å². The molecule has 0 aliphatic carbocycles. The minimum atomic E-state index is -0.000180. The zero-order valence-electron chi connectivity index (χ0n) is 12.5. The van der Waals surface area contributed by atoms with Crippen molar-refractivity contribution in [2.75, 3.05) is 53.5 Å². The van der Waals surface area contributed by atoms with E-state index in [1.165, 1.54) is 0 Å². The van der Waals surface area contributed by atoms with Crippen molar-refractivity contribution in [1.29, 1.82) is 0 Å². The summed E-state index contributed by atoms with van der Waals surface area (Å²) >= 11 is 0. The second kappa shape index (κ2) is 6.68. The van der Waals surface area contributed by atoms with Crippen LogP contribution < -0.4 is 0 Å². The van der Waals surface area contributed by atoms with E-state index in [1.54, 1.807) is 0 Å². The van der Waals surface area contributed by atoms with Gasteiger partial charge in [-0.3, -0.25) is 9.69 Å². The molecule has 0 aromatic heterocycles. The van der Waals surface area contributed by atoms with Crippen LogP contribution in [0.3, 0.4) is 0 Å². The number of carbonyl (C=O) groups excluding carboxylic acids is 1. The van der Waals surface area contributed by atoms with Crippen LogP contribution in [0.4, 0.5) is 0 Å². The Balaban J connectivity index is 1.83. The fourth-order valence-electron chi connectivity index (χ4n) is 2.99. The number of hydrogen-bond donors (Lipinski definition) is 0. The molecule has 2 saturated heterocycles. The summed E-state index contributed by atoms with van der Waals surface area (Å²) in [5.74, 6) is 0.291. The molecule has 0 aromatic carbocycles. The molecule has 2 rings (SSSR count). The van der Waals surface area contributed by atoms with Crippen molar-refractivity contribution in [1.82, 2.24) is 14.7 Å². The zero-order chi connectivity index (χ0) is 13.8. The van der Waals surface area contributed by atoms with E-state index in [-0.39, 0.29) is 6.04 Å². The third-order valence-corrected chi connectivity index (χ3v) is 4.46. The fraction of sp³-hybridized carbons (Fsp3) is 0.929. The van der Waals surface area contributed by atoms with Gasteiger partial charge in [-0.15, -0.1) is 0 Å². The van der Waals surface area contributed by atoms with Crippen LogP contribution in [0.25, 0.3) is 0 Å². The molecule has 0 N–H and O–H groups in total. The average molecular weight is 269 g/mol. The van der Waals surface area contributed by atoms with Crippen LogP contribution in [0.15, 0.2) is 0 Å². The van der Waals surface area contributed by atoms with Gasteiger partial charge in [-0.25, -0.2) is 0 Å². The summed E-state index contributed by atoms with van der Waals surface area (Å²) in [5.41, 5.74) is 0. The molecule has 1 unspecified atom stereocenters. The van der Waals surface area contributed by atoms with Crippen LogP contribution in [0, 0.1) is 0 Å². The van der Waals surface area contributed by atoms with Gasteiger partial charge in [0.05, 0.1) is 19.3 Å². The number of ether oxygens (including phenoxy) is 1. The van der Waals surface area contributed by atoms with Crippen molar-refractivity contribution >= 4 is 5.91 Å². The summed E-state index contributed by atoms with van der Waals surface area (Å²) in [5, 5.41) is 0. The molecule has 19 heavy (non-hydrogen) atoms. The first-order valence-corrected chi connectivity index (χ1v) is 7.36. The van der Waals surface area contributed by atoms with Gasteiger partial charge in [0.15, 0.2) is 0 Å². The molecule has 1 amide bonds. The predicted octanol–water partition coefficient (Wildman–Crippen LogP) is 0.260. The van der Waals surface area contributed by atoms with E-state index >= 15 is 0 Å². The molecule has 0 bridgehead atoms. The van der Waals surface area contributed by atoms with Gasteiger partial charge in [0, 0.05) is 32.2 Å². The smallest absolute Gasteiger partial charge is 0.239 e. The minimum absolute atomic E-state index is 0.000180. The Kier molecular flexibility index (Phi) is 5.19. The summed E-state index contributed by atoms with van der Waals surface area (Å²) in [6.45, 7) is 7.08. The molecule has 0 spiro atoms. The van der Waals surface area contributed by atoms with Crippen LogP contribution in [0.1, 0.15) is 19.8 Å². The van der Waals surface area contributed by atoms with Gasteiger partial charge in [-0.05, 0) is 33.9 Å². The Morgan fingerprint density at radius 3 is 2.26 bits per heavy atom. The Bertz CT molecular complexity index is 295. The topological polar surface area (TPSA) is 36.0 Å². The van der Waals surface area contributed by atoms with Crippen LogP contribution in [-0.4, -0.2) is 86.2 Å². The third-order valence-electron chi connectivity index (χ3n) is 4.46. The molecule has 0 radical (unpaired) electrons. The van der Waals surface area contributed by atoms with Gasteiger partial charge in [0.1, 0.15) is 0 Å². The van der Waals surface area contributed by atoms with Crippen molar-refractivity contribution in [2.24, 2.45) is 0 Å². The lowest BCUT2D eigenvalue weighted by Crippen LogP contribution is -2.53. The van der Waals surface area contributed by atoms with E-state index in [0.717, 1.165) is 52.2 Å².